The third-order valence-electron chi connectivity index (χ3n) is 17.9. The first-order valence-electron chi connectivity index (χ1n) is 36.8. The molecule has 6 nitrogen and oxygen atoms in total. The first-order chi connectivity index (χ1) is 41.1. The highest BCUT2D eigenvalue weighted by Crippen LogP contribution is 2.47. The fourth-order valence-corrected chi connectivity index (χ4v) is 14.7. The van der Waals surface area contributed by atoms with Crippen LogP contribution in [0, 0.1) is 55.3 Å². The van der Waals surface area contributed by atoms with Crippen LogP contribution in [0.4, 0.5) is 0 Å². The van der Waals surface area contributed by atoms with Crippen LogP contribution in [0.2, 0.25) is 0 Å². The van der Waals surface area contributed by atoms with E-state index in [9.17, 15) is 0 Å². The van der Waals surface area contributed by atoms with Crippen molar-refractivity contribution in [1.82, 2.24) is 0 Å². The van der Waals surface area contributed by atoms with Crippen LogP contribution < -0.4 is 9.05 Å². The van der Waals surface area contributed by atoms with E-state index in [1.165, 1.54) is 228 Å². The summed E-state index contributed by atoms with van der Waals surface area (Å²) in [5.41, 5.74) is 4.71. The van der Waals surface area contributed by atoms with E-state index in [0.29, 0.717) is 44.2 Å². The van der Waals surface area contributed by atoms with E-state index in [1.54, 1.807) is 0 Å². The Kier molecular flexibility index (Phi) is 46.4. The minimum atomic E-state index is -1.55. The molecule has 0 aliphatic rings. The van der Waals surface area contributed by atoms with Gasteiger partial charge in [-0.25, -0.2) is 0 Å². The highest BCUT2D eigenvalue weighted by molar-refractivity contribution is 7.42. The predicted octanol–water partition coefficient (Wildman–Crippen LogP) is 27.4. The fraction of sp³-hybridized carbons (Fsp3) is 0.846. The van der Waals surface area contributed by atoms with Crippen LogP contribution in [-0.4, -0.2) is 26.4 Å². The Hall–Kier alpha value is -1.26. The van der Waals surface area contributed by atoms with Gasteiger partial charge >= 0.3 is 17.2 Å². The largest absolute Gasteiger partial charge is 0.426 e. The molecule has 0 N–H and O–H groups in total. The van der Waals surface area contributed by atoms with Gasteiger partial charge < -0.3 is 27.1 Å². The van der Waals surface area contributed by atoms with Crippen LogP contribution in [0.1, 0.15) is 357 Å². The Balaban J connectivity index is 2.34. The molecule has 0 radical (unpaired) electrons. The molecule has 0 amide bonds. The number of benzene rings is 2. The van der Waals surface area contributed by atoms with Gasteiger partial charge in [0.05, 0.1) is 26.4 Å². The smallest absolute Gasteiger partial charge is 0.397 e. The van der Waals surface area contributed by atoms with Crippen molar-refractivity contribution >= 4 is 17.2 Å². The molecular weight excluding hydrogens is 1090 g/mol. The number of unbranched alkanes of at least 4 members (excludes halogenated alkanes) is 20. The second kappa shape index (κ2) is 49.4. The van der Waals surface area contributed by atoms with Gasteiger partial charge in [-0.05, 0) is 128 Å². The highest BCUT2D eigenvalue weighted by Gasteiger charge is 2.30. The molecule has 0 saturated heterocycles. The average molecular weight is 1240 g/mol. The lowest BCUT2D eigenvalue weighted by Crippen LogP contribution is -2.25. The Morgan fingerprint density at radius 3 is 0.860 bits per heavy atom. The lowest BCUT2D eigenvalue weighted by Gasteiger charge is -2.35. The molecule has 8 heteroatoms. The van der Waals surface area contributed by atoms with Crippen molar-refractivity contribution in [2.24, 2.45) is 41.4 Å². The minimum Gasteiger partial charge on any atom is -0.426 e. The molecule has 0 aliphatic heterocycles. The third kappa shape index (κ3) is 41.3. The summed E-state index contributed by atoms with van der Waals surface area (Å²) in [6, 6.07) is 13.3. The van der Waals surface area contributed by atoms with E-state index in [-0.39, 0.29) is 10.8 Å². The number of rotatable bonds is 56. The monoisotopic (exact) mass is 1240 g/mol. The highest BCUT2D eigenvalue weighted by atomic mass is 31.2. The zero-order chi connectivity index (χ0) is 63.4. The van der Waals surface area contributed by atoms with Gasteiger partial charge in [-0.1, -0.05) is 321 Å². The van der Waals surface area contributed by atoms with Crippen LogP contribution in [0.25, 0.3) is 0 Å². The molecule has 2 aromatic carbocycles. The van der Waals surface area contributed by atoms with Crippen LogP contribution in [0.15, 0.2) is 36.4 Å². The molecule has 0 spiro atoms. The molecule has 0 bridgehead atoms. The molecule has 0 fully saturated rings. The summed E-state index contributed by atoms with van der Waals surface area (Å²) in [6.45, 7) is 42.0. The van der Waals surface area contributed by atoms with Crippen molar-refractivity contribution in [2.75, 3.05) is 26.4 Å². The van der Waals surface area contributed by atoms with Gasteiger partial charge in [-0.3, -0.25) is 0 Å². The van der Waals surface area contributed by atoms with Gasteiger partial charge in [0.15, 0.2) is 0 Å². The van der Waals surface area contributed by atoms with E-state index >= 15 is 0 Å². The van der Waals surface area contributed by atoms with Gasteiger partial charge in [0.25, 0.3) is 0 Å². The van der Waals surface area contributed by atoms with Crippen molar-refractivity contribution in [2.45, 2.75) is 360 Å². The van der Waals surface area contributed by atoms with E-state index < -0.39 is 17.2 Å². The van der Waals surface area contributed by atoms with Crippen molar-refractivity contribution in [1.29, 1.82) is 0 Å². The molecule has 0 aromatic heterocycles. The Bertz CT molecular complexity index is 1750. The summed E-state index contributed by atoms with van der Waals surface area (Å²) in [5.74, 6) is 7.03. The van der Waals surface area contributed by atoms with Crippen LogP contribution in [0.5, 0.6) is 11.5 Å². The van der Waals surface area contributed by atoms with Gasteiger partial charge in [0, 0.05) is 11.1 Å². The Morgan fingerprint density at radius 2 is 0.581 bits per heavy atom. The maximum atomic E-state index is 6.87. The normalized spacial score (nSPS) is 14.2. The van der Waals surface area contributed by atoms with E-state index in [0.717, 1.165) is 60.9 Å². The number of hydrogen-bond donors (Lipinski definition) is 0. The summed E-state index contributed by atoms with van der Waals surface area (Å²) in [7, 11) is -3.09. The molecule has 0 aliphatic carbocycles. The number of aryl methyl sites for hydroxylation is 2. The lowest BCUT2D eigenvalue weighted by molar-refractivity contribution is 0.139. The molecule has 502 valence electrons. The molecule has 2 rings (SSSR count). The summed E-state index contributed by atoms with van der Waals surface area (Å²) in [5, 5.41) is 0. The van der Waals surface area contributed by atoms with Gasteiger partial charge in [0.1, 0.15) is 11.5 Å². The van der Waals surface area contributed by atoms with Crippen molar-refractivity contribution in [3.05, 3.63) is 58.7 Å². The predicted molar refractivity (Wildman–Crippen MR) is 380 cm³/mol. The topological polar surface area (TPSA) is 55.4 Å². The first-order valence-corrected chi connectivity index (χ1v) is 39.0. The summed E-state index contributed by atoms with van der Waals surface area (Å²) < 4.78 is 40.7. The first kappa shape index (κ1) is 80.8. The molecular formula is C78H144O6P2. The summed E-state index contributed by atoms with van der Waals surface area (Å²) >= 11 is 0. The molecule has 86 heavy (non-hydrogen) atoms. The van der Waals surface area contributed by atoms with Gasteiger partial charge in [-0.15, -0.1) is 0 Å². The molecule has 0 heterocycles. The van der Waals surface area contributed by atoms with Gasteiger partial charge in [0.2, 0.25) is 0 Å². The van der Waals surface area contributed by atoms with Crippen molar-refractivity contribution in [3.8, 4) is 11.5 Å². The fourth-order valence-electron chi connectivity index (χ4n) is 12.6. The molecule has 4 unspecified atom stereocenters. The van der Waals surface area contributed by atoms with E-state index in [4.69, 9.17) is 27.1 Å². The van der Waals surface area contributed by atoms with Gasteiger partial charge in [-0.2, -0.15) is 0 Å². The second-order valence-electron chi connectivity index (χ2n) is 30.5. The summed E-state index contributed by atoms with van der Waals surface area (Å²) in [4.78, 5) is 0. The van der Waals surface area contributed by atoms with Crippen molar-refractivity contribution in [3.63, 3.8) is 0 Å². The zero-order valence-electron chi connectivity index (χ0n) is 60.1. The molecule has 4 atom stereocenters. The maximum Gasteiger partial charge on any atom is 0.397 e. The maximum absolute atomic E-state index is 6.87. The number of hydrogen-bond acceptors (Lipinski definition) is 6. The Labute approximate surface area is 539 Å². The quantitative estimate of drug-likeness (QED) is 0.0486. The average Bonchev–Trinajstić information content (AvgIpc) is 1.55. The summed E-state index contributed by atoms with van der Waals surface area (Å²) in [6.07, 6.45) is 46.3. The zero-order valence-corrected chi connectivity index (χ0v) is 61.9. The van der Waals surface area contributed by atoms with Crippen molar-refractivity contribution < 1.29 is 27.1 Å². The van der Waals surface area contributed by atoms with E-state index in [2.05, 4.69) is 154 Å². The third-order valence-corrected chi connectivity index (χ3v) is 20.1. The molecule has 2 aromatic rings. The van der Waals surface area contributed by atoms with Crippen LogP contribution in [0.3, 0.4) is 0 Å². The standard InChI is InChI=1S/C78H144O6P2/c1-18-45-72(70(50-39-31-29-37-48-66(6)7)52-43-60-81-85(83-75-62-68(10)54-56-73(75)77(12,13)14)79-58-41-33-25-21-19-23-27-35-46-64(2)3)71(51-40-32-30-38-49-67(8)9)53-44-61-82-86(84-76-63-69(11)55-57-74(76)78(15,16)17)80-59-42-34-26-22-20-24-28-36-47-65(4)5/h54-57,62-67,70-72H,18-53,58-61H2,1-17H3. The lowest BCUT2D eigenvalue weighted by atomic mass is 9.71. The van der Waals surface area contributed by atoms with Crippen LogP contribution in [-0.2, 0) is 28.9 Å². The molecule has 0 saturated carbocycles. The SMILES string of the molecule is CCCC(C(CCCCCCC(C)C)CCCOP(OCCCCCCCCCCC(C)C)Oc1cc(C)ccc1C(C)(C)C)C(CCCCCCC(C)C)CCCOP(OCCCCCCCCCCC(C)C)Oc1cc(C)ccc1C(C)(C)C. The van der Waals surface area contributed by atoms with E-state index in [1.807, 2.05) is 0 Å². The second-order valence-corrected chi connectivity index (χ2v) is 32.8. The minimum absolute atomic E-state index is 0.0565. The Morgan fingerprint density at radius 1 is 0.326 bits per heavy atom. The van der Waals surface area contributed by atoms with Crippen LogP contribution >= 0.6 is 17.2 Å².